The number of aromatic nitrogens is 3. The Labute approximate surface area is 167 Å². The molecule has 0 amide bonds. The molecule has 0 unspecified atom stereocenters. The Hall–Kier alpha value is -2.29. The van der Waals surface area contributed by atoms with Crippen molar-refractivity contribution < 1.29 is 10.2 Å². The molecule has 0 saturated heterocycles. The second-order valence-electron chi connectivity index (χ2n) is 7.16. The Morgan fingerprint density at radius 2 is 1.96 bits per heavy atom. The van der Waals surface area contributed by atoms with Gasteiger partial charge in [-0.2, -0.15) is 4.98 Å². The van der Waals surface area contributed by atoms with Crippen LogP contribution in [-0.4, -0.2) is 50.0 Å². The summed E-state index contributed by atoms with van der Waals surface area (Å²) < 4.78 is 1.10. The van der Waals surface area contributed by atoms with Crippen molar-refractivity contribution >= 4 is 33.3 Å². The van der Waals surface area contributed by atoms with Crippen LogP contribution in [0.15, 0.2) is 24.3 Å². The zero-order valence-corrected chi connectivity index (χ0v) is 16.8. The molecule has 2 aromatic heterocycles. The molecule has 3 aromatic rings. The molecule has 4 rings (SSSR count). The molecule has 0 spiro atoms. The third kappa shape index (κ3) is 3.67. The van der Waals surface area contributed by atoms with Crippen molar-refractivity contribution in [3.63, 3.8) is 0 Å². The van der Waals surface area contributed by atoms with E-state index in [1.807, 2.05) is 31.2 Å². The fourth-order valence-electron chi connectivity index (χ4n) is 3.52. The van der Waals surface area contributed by atoms with Crippen LogP contribution in [0.1, 0.15) is 31.9 Å². The fourth-order valence-corrected chi connectivity index (χ4v) is 4.59. The van der Waals surface area contributed by atoms with Crippen LogP contribution in [0.2, 0.25) is 0 Å². The van der Waals surface area contributed by atoms with E-state index < -0.39 is 12.2 Å². The van der Waals surface area contributed by atoms with Crippen LogP contribution in [0.5, 0.6) is 0 Å². The lowest BCUT2D eigenvalue weighted by Crippen LogP contribution is -2.34. The van der Waals surface area contributed by atoms with E-state index >= 15 is 0 Å². The quantitative estimate of drug-likeness (QED) is 0.505. The lowest BCUT2D eigenvalue weighted by molar-refractivity contribution is 0.0391. The summed E-state index contributed by atoms with van der Waals surface area (Å²) in [7, 11) is 0. The Morgan fingerprint density at radius 3 is 2.68 bits per heavy atom. The number of aliphatic hydroxyl groups is 2. The Bertz CT molecular complexity index is 943. The Kier molecular flexibility index (Phi) is 5.43. The lowest BCUT2D eigenvalue weighted by atomic mass is 10.1. The monoisotopic (exact) mass is 399 g/mol. The second-order valence-corrected chi connectivity index (χ2v) is 8.19. The van der Waals surface area contributed by atoms with E-state index in [1.54, 1.807) is 11.3 Å². The van der Waals surface area contributed by atoms with Crippen molar-refractivity contribution in [1.82, 2.24) is 15.0 Å². The first-order valence-electron chi connectivity index (χ1n) is 9.68. The third-order valence-electron chi connectivity index (χ3n) is 5.03. The molecule has 3 atom stereocenters. The predicted molar refractivity (Wildman–Crippen MR) is 113 cm³/mol. The van der Waals surface area contributed by atoms with Gasteiger partial charge in [0.05, 0.1) is 39.7 Å². The molecule has 1 aliphatic carbocycles. The maximum atomic E-state index is 10.3. The first-order chi connectivity index (χ1) is 13.6. The molecule has 1 fully saturated rings. The fraction of sp³-hybridized carbons (Fsp3) is 0.450. The van der Waals surface area contributed by atoms with Crippen LogP contribution in [0.3, 0.4) is 0 Å². The normalized spacial score (nSPS) is 21.9. The Morgan fingerprint density at radius 1 is 1.14 bits per heavy atom. The number of nitrogens with one attached hydrogen (secondary N) is 2. The van der Waals surface area contributed by atoms with Crippen LogP contribution in [0.25, 0.3) is 20.8 Å². The lowest BCUT2D eigenvalue weighted by Gasteiger charge is -2.21. The molecule has 148 valence electrons. The molecule has 1 aromatic carbocycles. The van der Waals surface area contributed by atoms with Gasteiger partial charge in [-0.1, -0.05) is 19.1 Å². The molecule has 1 saturated carbocycles. The van der Waals surface area contributed by atoms with E-state index in [4.69, 9.17) is 4.98 Å². The molecule has 8 heteroatoms. The minimum atomic E-state index is -0.814. The number of hydrogen-bond acceptors (Lipinski definition) is 8. The van der Waals surface area contributed by atoms with E-state index in [0.29, 0.717) is 24.6 Å². The maximum absolute atomic E-state index is 10.3. The summed E-state index contributed by atoms with van der Waals surface area (Å²) in [5.41, 5.74) is 2.61. The zero-order valence-electron chi connectivity index (χ0n) is 16.0. The highest BCUT2D eigenvalue weighted by molar-refractivity contribution is 7.21. The molecule has 0 aliphatic heterocycles. The number of fused-ring (bicyclic) bond motifs is 1. The molecule has 0 bridgehead atoms. The van der Waals surface area contributed by atoms with Gasteiger partial charge in [0.1, 0.15) is 10.8 Å². The molecular formula is C20H25N5O2S. The van der Waals surface area contributed by atoms with Crippen LogP contribution >= 0.6 is 11.3 Å². The average Bonchev–Trinajstić information content (AvgIpc) is 3.24. The predicted octanol–water partition coefficient (Wildman–Crippen LogP) is 3.18. The van der Waals surface area contributed by atoms with Gasteiger partial charge in [-0.3, -0.25) is 0 Å². The van der Waals surface area contributed by atoms with Gasteiger partial charge in [0.25, 0.3) is 0 Å². The SMILES string of the molecule is CCCNc1nc(C)c(-c2nc3ccccc3s2)c(N[C@@H]2CC[C@@H](O)[C@H]2O)n1. The smallest absolute Gasteiger partial charge is 0.224 e. The van der Waals surface area contributed by atoms with Crippen molar-refractivity contribution in [2.45, 2.75) is 51.4 Å². The molecule has 2 heterocycles. The number of nitrogens with zero attached hydrogens (tertiary/aromatic N) is 3. The van der Waals surface area contributed by atoms with Gasteiger partial charge in [-0.25, -0.2) is 9.97 Å². The highest BCUT2D eigenvalue weighted by Gasteiger charge is 2.34. The number of anilines is 2. The van der Waals surface area contributed by atoms with Crippen molar-refractivity contribution in [2.75, 3.05) is 17.2 Å². The Balaban J connectivity index is 1.77. The number of benzene rings is 1. The summed E-state index contributed by atoms with van der Waals surface area (Å²) in [6, 6.07) is 7.76. The molecule has 1 aliphatic rings. The van der Waals surface area contributed by atoms with Crippen molar-refractivity contribution in [3.8, 4) is 10.6 Å². The first-order valence-corrected chi connectivity index (χ1v) is 10.5. The minimum Gasteiger partial charge on any atom is -0.390 e. The number of thiazole rings is 1. The van der Waals surface area contributed by atoms with Gasteiger partial charge in [0, 0.05) is 6.54 Å². The van der Waals surface area contributed by atoms with Gasteiger partial charge >= 0.3 is 0 Å². The van der Waals surface area contributed by atoms with Gasteiger partial charge < -0.3 is 20.8 Å². The highest BCUT2D eigenvalue weighted by atomic mass is 32.1. The van der Waals surface area contributed by atoms with Gasteiger partial charge in [0.2, 0.25) is 5.95 Å². The van der Waals surface area contributed by atoms with Crippen LogP contribution in [0.4, 0.5) is 11.8 Å². The van der Waals surface area contributed by atoms with E-state index in [9.17, 15) is 10.2 Å². The average molecular weight is 400 g/mol. The summed E-state index contributed by atoms with van der Waals surface area (Å²) >= 11 is 1.60. The molecule has 4 N–H and O–H groups in total. The standard InChI is InChI=1S/C20H25N5O2S/c1-3-10-21-20-22-11(2)16(19-24-12-6-4-5-7-15(12)28-19)18(25-20)23-13-8-9-14(26)17(13)27/h4-7,13-14,17,26-27H,3,8-10H2,1-2H3,(H2,21,22,23,25)/t13-,14-,17+/m1/s1. The summed E-state index contributed by atoms with van der Waals surface area (Å²) in [5, 5.41) is 27.6. The van der Waals surface area contributed by atoms with Crippen molar-refractivity contribution in [1.29, 1.82) is 0 Å². The van der Waals surface area contributed by atoms with Crippen LogP contribution < -0.4 is 10.6 Å². The van der Waals surface area contributed by atoms with Crippen LogP contribution in [0, 0.1) is 6.92 Å². The first kappa shape index (κ1) is 19.0. The largest absolute Gasteiger partial charge is 0.390 e. The van der Waals surface area contributed by atoms with E-state index in [-0.39, 0.29) is 6.04 Å². The number of para-hydroxylation sites is 1. The van der Waals surface area contributed by atoms with Gasteiger partial charge in [-0.15, -0.1) is 11.3 Å². The zero-order chi connectivity index (χ0) is 19.7. The van der Waals surface area contributed by atoms with Crippen molar-refractivity contribution in [3.05, 3.63) is 30.0 Å². The minimum absolute atomic E-state index is 0.253. The highest BCUT2D eigenvalue weighted by Crippen LogP contribution is 2.37. The van der Waals surface area contributed by atoms with E-state index in [2.05, 4.69) is 27.5 Å². The van der Waals surface area contributed by atoms with Gasteiger partial charge in [0.15, 0.2) is 0 Å². The molecule has 0 radical (unpaired) electrons. The summed E-state index contributed by atoms with van der Waals surface area (Å²) in [5.74, 6) is 1.20. The van der Waals surface area contributed by atoms with E-state index in [1.165, 1.54) is 0 Å². The molecule has 7 nitrogen and oxygen atoms in total. The van der Waals surface area contributed by atoms with Crippen LogP contribution in [-0.2, 0) is 0 Å². The second kappa shape index (κ2) is 7.98. The number of hydrogen-bond donors (Lipinski definition) is 4. The number of aliphatic hydroxyl groups excluding tert-OH is 2. The number of aryl methyl sites for hydroxylation is 1. The molecular weight excluding hydrogens is 374 g/mol. The topological polar surface area (TPSA) is 103 Å². The van der Waals surface area contributed by atoms with Gasteiger partial charge in [-0.05, 0) is 38.3 Å². The number of rotatable bonds is 6. The van der Waals surface area contributed by atoms with E-state index in [0.717, 1.165) is 39.4 Å². The third-order valence-corrected chi connectivity index (χ3v) is 6.09. The summed E-state index contributed by atoms with van der Waals surface area (Å²) in [4.78, 5) is 14.1. The maximum Gasteiger partial charge on any atom is 0.224 e. The van der Waals surface area contributed by atoms with Crippen molar-refractivity contribution in [2.24, 2.45) is 0 Å². The summed E-state index contributed by atoms with van der Waals surface area (Å²) in [6.07, 6.45) is 0.704. The summed E-state index contributed by atoms with van der Waals surface area (Å²) in [6.45, 7) is 4.82. The molecule has 28 heavy (non-hydrogen) atoms.